The summed E-state index contributed by atoms with van der Waals surface area (Å²) in [5, 5.41) is 9.57. The Kier molecular flexibility index (Phi) is 10.7. The van der Waals surface area contributed by atoms with E-state index in [4.69, 9.17) is 30.1 Å². The molecule has 0 spiro atoms. The fourth-order valence-corrected chi connectivity index (χ4v) is 10.0. The molecular weight excluding hydrogens is 881 g/mol. The lowest BCUT2D eigenvalue weighted by Crippen LogP contribution is -2.05. The van der Waals surface area contributed by atoms with Gasteiger partial charge in [0.2, 0.25) is 0 Å². The predicted octanol–water partition coefficient (Wildman–Crippen LogP) is 14.9. The molecule has 0 radical (unpaired) electrons. The number of benzene rings is 8. The highest BCUT2D eigenvalue weighted by Gasteiger charge is 2.32. The van der Waals surface area contributed by atoms with Gasteiger partial charge in [-0.25, -0.2) is 15.0 Å². The summed E-state index contributed by atoms with van der Waals surface area (Å²) in [6.45, 7) is 0. The Hall–Kier alpha value is -9.92. The first kappa shape index (κ1) is 42.2. The second kappa shape index (κ2) is 18.2. The lowest BCUT2D eigenvalue weighted by Gasteiger charge is -2.17. The minimum absolute atomic E-state index is 0.250. The van der Waals surface area contributed by atoms with E-state index in [2.05, 4.69) is 205 Å². The van der Waals surface area contributed by atoms with Gasteiger partial charge in [0, 0.05) is 45.1 Å². The van der Waals surface area contributed by atoms with Gasteiger partial charge in [-0.15, -0.1) is 10.2 Å². The summed E-state index contributed by atoms with van der Waals surface area (Å²) < 4.78 is 4.39. The maximum atomic E-state index is 5.74. The Morgan fingerprint density at radius 1 is 0.319 bits per heavy atom. The Bertz CT molecular complexity index is 3800. The maximum Gasteiger partial charge on any atom is 0.259 e. The lowest BCUT2D eigenvalue weighted by molar-refractivity contribution is 1.07. The van der Waals surface area contributed by atoms with Crippen LogP contribution in [0, 0.1) is 0 Å². The third-order valence-electron chi connectivity index (χ3n) is 13.1. The molecule has 338 valence electrons. The quantitative estimate of drug-likeness (QED) is 0.152. The van der Waals surface area contributed by atoms with Crippen LogP contribution in [0.2, 0.25) is 0 Å². The van der Waals surface area contributed by atoms with Crippen molar-refractivity contribution in [3.05, 3.63) is 277 Å². The van der Waals surface area contributed by atoms with Crippen LogP contribution in [-0.4, -0.2) is 40.0 Å². The van der Waals surface area contributed by atoms with Gasteiger partial charge in [-0.05, 0) is 58.2 Å². The van der Waals surface area contributed by atoms with Gasteiger partial charge in [-0.1, -0.05) is 218 Å². The molecule has 11 aromatic rings. The second-order valence-corrected chi connectivity index (χ2v) is 17.5. The summed E-state index contributed by atoms with van der Waals surface area (Å²) in [6.07, 6.45) is 2.17. The van der Waals surface area contributed by atoms with E-state index >= 15 is 0 Å². The molecule has 72 heavy (non-hydrogen) atoms. The Labute approximate surface area is 416 Å². The van der Waals surface area contributed by atoms with Crippen molar-refractivity contribution >= 4 is 45.8 Å². The summed E-state index contributed by atoms with van der Waals surface area (Å²) in [5.41, 5.74) is 17.8. The Morgan fingerprint density at radius 2 is 0.722 bits per heavy atom. The number of para-hydroxylation sites is 2. The molecular formula is C64H42N8. The van der Waals surface area contributed by atoms with Gasteiger partial charge in [0.05, 0.1) is 28.1 Å². The SMILES string of the molecule is C1=C(c2ccccc2)c2nc1cc1nnc(nc3nc(c(-c4ccccc4)c4c(-c5ccccc5)c(-c5ccccc5)c(c2-c2ccccc2)n4-c2ccccc2)C(c2ccccc2)=N3)n1-c1ccccc1. The van der Waals surface area contributed by atoms with E-state index in [0.29, 0.717) is 28.5 Å². The Balaban J connectivity index is 1.39. The first-order valence-electron chi connectivity index (χ1n) is 24.0. The van der Waals surface area contributed by atoms with Crippen molar-refractivity contribution in [2.45, 2.75) is 0 Å². The van der Waals surface area contributed by atoms with Gasteiger partial charge < -0.3 is 4.57 Å². The molecule has 8 bridgehead atoms. The van der Waals surface area contributed by atoms with Crippen LogP contribution in [0.25, 0.3) is 90.0 Å². The molecule has 0 aliphatic carbocycles. The van der Waals surface area contributed by atoms with Gasteiger partial charge in [0.25, 0.3) is 11.7 Å². The van der Waals surface area contributed by atoms with Crippen LogP contribution >= 0.6 is 0 Å². The van der Waals surface area contributed by atoms with E-state index in [1.165, 1.54) is 0 Å². The van der Waals surface area contributed by atoms with E-state index in [0.717, 1.165) is 89.3 Å². The normalized spacial score (nSPS) is 12.1. The first-order chi connectivity index (χ1) is 35.7. The fraction of sp³-hybridized carbons (Fsp3) is 0. The van der Waals surface area contributed by atoms with E-state index < -0.39 is 0 Å². The number of hydrogen-bond donors (Lipinski definition) is 0. The maximum absolute atomic E-state index is 5.74. The molecule has 0 saturated carbocycles. The van der Waals surface area contributed by atoms with E-state index in [1.807, 2.05) is 59.2 Å². The minimum atomic E-state index is 0.250. The highest BCUT2D eigenvalue weighted by atomic mass is 15.3. The van der Waals surface area contributed by atoms with Crippen LogP contribution in [0.5, 0.6) is 0 Å². The summed E-state index contributed by atoms with van der Waals surface area (Å²) in [5.74, 6) is 0.578. The molecule has 0 fully saturated rings. The highest BCUT2D eigenvalue weighted by molar-refractivity contribution is 6.22. The van der Waals surface area contributed by atoms with Crippen LogP contribution < -0.4 is 0 Å². The smallest absolute Gasteiger partial charge is 0.259 e. The molecule has 13 rings (SSSR count). The largest absolute Gasteiger partial charge is 0.308 e. The Morgan fingerprint density at radius 3 is 1.21 bits per heavy atom. The zero-order valence-electron chi connectivity index (χ0n) is 38.8. The summed E-state index contributed by atoms with van der Waals surface area (Å²) in [6, 6.07) is 86.3. The molecule has 0 atom stereocenters. The van der Waals surface area contributed by atoms with Crippen molar-refractivity contribution in [1.29, 1.82) is 0 Å². The van der Waals surface area contributed by atoms with Crippen LogP contribution in [0.4, 0.5) is 5.95 Å². The van der Waals surface area contributed by atoms with Gasteiger partial charge >= 0.3 is 0 Å². The number of hydrogen-bond acceptors (Lipinski definition) is 6. The van der Waals surface area contributed by atoms with E-state index in [1.54, 1.807) is 0 Å². The lowest BCUT2D eigenvalue weighted by atomic mass is 9.89. The summed E-state index contributed by atoms with van der Waals surface area (Å²) in [7, 11) is 0. The molecule has 8 heteroatoms. The molecule has 2 aliphatic rings. The number of fused-ring (bicyclic) bond motifs is 8. The van der Waals surface area contributed by atoms with Gasteiger partial charge in [-0.3, -0.25) is 4.57 Å². The molecule has 8 aromatic carbocycles. The van der Waals surface area contributed by atoms with Crippen molar-refractivity contribution in [3.63, 3.8) is 0 Å². The molecule has 8 nitrogen and oxygen atoms in total. The standard InChI is InChI=1S/C64H42N8/c1-9-25-43(26-10-1)52-41-49-42-53-69-70-64(71(53)50-37-21-7-22-38-50)68-63-66-58(48-35-19-6-20-36-48)60(67-63)57(47-33-17-5-18-34-47)62-55(45-29-13-3-14-30-45)54(44-27-11-2-12-28-44)61(72(62)51-39-23-8-24-40-51)56(59(52)65-49)46-31-15-4-16-32-46/h1-42H. The molecule has 5 heterocycles. The van der Waals surface area contributed by atoms with Crippen molar-refractivity contribution in [2.24, 2.45) is 4.99 Å². The average Bonchev–Trinajstić information content (AvgIpc) is 4.25. The topological polar surface area (TPSA) is 86.7 Å². The third-order valence-corrected chi connectivity index (χ3v) is 13.1. The van der Waals surface area contributed by atoms with Crippen LogP contribution in [0.1, 0.15) is 28.2 Å². The van der Waals surface area contributed by atoms with Crippen molar-refractivity contribution in [3.8, 4) is 55.9 Å². The molecule has 0 unspecified atom stereocenters. The van der Waals surface area contributed by atoms with E-state index in [9.17, 15) is 0 Å². The molecule has 2 aliphatic heterocycles. The average molecular weight is 923 g/mol. The zero-order chi connectivity index (χ0) is 47.8. The highest BCUT2D eigenvalue weighted by Crippen LogP contribution is 2.51. The van der Waals surface area contributed by atoms with Crippen molar-refractivity contribution in [2.75, 3.05) is 0 Å². The molecule has 3 aromatic heterocycles. The summed E-state index contributed by atoms with van der Waals surface area (Å²) in [4.78, 5) is 21.9. The first-order valence-corrected chi connectivity index (χ1v) is 24.0. The second-order valence-electron chi connectivity index (χ2n) is 17.5. The number of rotatable bonds is 8. The third kappa shape index (κ3) is 7.51. The molecule has 0 N–H and O–H groups in total. The van der Waals surface area contributed by atoms with Gasteiger partial charge in [0.15, 0.2) is 5.65 Å². The predicted molar refractivity (Wildman–Crippen MR) is 291 cm³/mol. The van der Waals surface area contributed by atoms with Crippen LogP contribution in [0.3, 0.4) is 0 Å². The number of nitrogens with zero attached hydrogens (tertiary/aromatic N) is 8. The van der Waals surface area contributed by atoms with Crippen molar-refractivity contribution < 1.29 is 0 Å². The van der Waals surface area contributed by atoms with E-state index in [-0.39, 0.29) is 5.95 Å². The van der Waals surface area contributed by atoms with Gasteiger partial charge in [-0.2, -0.15) is 4.98 Å². The zero-order valence-corrected chi connectivity index (χ0v) is 38.8. The van der Waals surface area contributed by atoms with Crippen molar-refractivity contribution in [1.82, 2.24) is 34.3 Å². The minimum Gasteiger partial charge on any atom is -0.308 e. The number of aliphatic imine (C=N–C) groups is 1. The van der Waals surface area contributed by atoms with Gasteiger partial charge in [0.1, 0.15) is 11.4 Å². The molecule has 0 saturated heterocycles. The van der Waals surface area contributed by atoms with Crippen LogP contribution in [-0.2, 0) is 0 Å². The monoisotopic (exact) mass is 922 g/mol. The summed E-state index contributed by atoms with van der Waals surface area (Å²) >= 11 is 0. The van der Waals surface area contributed by atoms with Crippen LogP contribution in [0.15, 0.2) is 254 Å². The fourth-order valence-electron chi connectivity index (χ4n) is 10.0. The molecule has 0 amide bonds. The number of aromatic nitrogens is 7.